The van der Waals surface area contributed by atoms with Gasteiger partial charge in [0.25, 0.3) is 11.8 Å². The van der Waals surface area contributed by atoms with Crippen molar-refractivity contribution in [2.75, 3.05) is 0 Å². The van der Waals surface area contributed by atoms with Crippen LogP contribution in [0.5, 0.6) is 0 Å². The van der Waals surface area contributed by atoms with E-state index >= 15 is 4.39 Å². The summed E-state index contributed by atoms with van der Waals surface area (Å²) in [6, 6.07) is 8.26. The summed E-state index contributed by atoms with van der Waals surface area (Å²) in [4.78, 5) is 30.1. The molecule has 37 heavy (non-hydrogen) atoms. The molecule has 4 rings (SSSR count). The van der Waals surface area contributed by atoms with Gasteiger partial charge < -0.3 is 15.9 Å². The van der Waals surface area contributed by atoms with Gasteiger partial charge in [-0.15, -0.1) is 21.5 Å². The fourth-order valence-corrected chi connectivity index (χ4v) is 4.99. The number of amides is 2. The second kappa shape index (κ2) is 10.6. The summed E-state index contributed by atoms with van der Waals surface area (Å²) >= 11 is 1.06. The van der Waals surface area contributed by atoms with Crippen LogP contribution in [-0.4, -0.2) is 27.0 Å². The van der Waals surface area contributed by atoms with E-state index in [1.165, 1.54) is 30.3 Å². The third-order valence-corrected chi connectivity index (χ3v) is 6.75. The van der Waals surface area contributed by atoms with Gasteiger partial charge in [-0.05, 0) is 42.2 Å². The molecule has 1 atom stereocenters. The number of benzene rings is 1. The number of alkyl halides is 1. The van der Waals surface area contributed by atoms with Crippen molar-refractivity contribution < 1.29 is 22.8 Å². The van der Waals surface area contributed by atoms with Crippen LogP contribution in [0.4, 0.5) is 8.78 Å². The van der Waals surface area contributed by atoms with Gasteiger partial charge >= 0.3 is 0 Å². The average molecular weight is 526 g/mol. The maximum absolute atomic E-state index is 15.6. The fourth-order valence-electron chi connectivity index (χ4n) is 4.07. The molecular weight excluding hydrogens is 500 g/mol. The first-order valence-corrected chi connectivity index (χ1v) is 12.3. The zero-order valence-corrected chi connectivity index (χ0v) is 21.2. The molecule has 11 heteroatoms. The first kappa shape index (κ1) is 26.1. The lowest BCUT2D eigenvalue weighted by Crippen LogP contribution is -2.20. The Morgan fingerprint density at radius 1 is 0.973 bits per heavy atom. The van der Waals surface area contributed by atoms with E-state index in [4.69, 9.17) is 20.9 Å². The van der Waals surface area contributed by atoms with Crippen LogP contribution in [0.25, 0.3) is 21.9 Å². The van der Waals surface area contributed by atoms with E-state index in [-0.39, 0.29) is 51.4 Å². The first-order valence-electron chi connectivity index (χ1n) is 11.5. The van der Waals surface area contributed by atoms with Crippen LogP contribution in [0, 0.1) is 18.7 Å². The molecular formula is C26H25F2N5O3S. The molecule has 4 N–H and O–H groups in total. The topological polar surface area (TPSA) is 138 Å². The number of nitrogens with zero attached hydrogens (tertiary/aromatic N) is 3. The molecule has 0 aliphatic heterocycles. The third-order valence-electron chi connectivity index (χ3n) is 5.63. The summed E-state index contributed by atoms with van der Waals surface area (Å²) in [5, 5.41) is 8.02. The number of thiophene rings is 1. The number of rotatable bonds is 9. The van der Waals surface area contributed by atoms with Crippen molar-refractivity contribution in [3.8, 4) is 21.9 Å². The molecule has 8 nitrogen and oxygen atoms in total. The third kappa shape index (κ3) is 5.56. The standard InChI is InChI=1S/C26H25F2N5O3S/c1-12(2)10-17-21(25(30)35)23(19-8-9-20(37-19)24(29)34)22(26-33-32-13(3)36-26)18(31-17)11-16(28)14-4-6-15(27)7-5-14/h4-9,12,16H,10-11H2,1-3H3,(H2,29,34)(H2,30,35). The Kier molecular flexibility index (Phi) is 7.44. The van der Waals surface area contributed by atoms with Crippen LogP contribution in [0.2, 0.25) is 0 Å². The Morgan fingerprint density at radius 3 is 2.22 bits per heavy atom. The summed E-state index contributed by atoms with van der Waals surface area (Å²) in [6.07, 6.45) is -1.41. The number of pyridine rings is 1. The predicted octanol–water partition coefficient (Wildman–Crippen LogP) is 4.96. The number of carbonyl (C=O) groups excluding carboxylic acids is 2. The summed E-state index contributed by atoms with van der Waals surface area (Å²) in [7, 11) is 0. The van der Waals surface area contributed by atoms with Gasteiger partial charge in [-0.1, -0.05) is 26.0 Å². The Labute approximate surface area is 215 Å². The highest BCUT2D eigenvalue weighted by Crippen LogP contribution is 2.42. The van der Waals surface area contributed by atoms with Crippen molar-refractivity contribution >= 4 is 23.2 Å². The van der Waals surface area contributed by atoms with Crippen molar-refractivity contribution in [2.24, 2.45) is 17.4 Å². The van der Waals surface area contributed by atoms with Crippen LogP contribution in [0.1, 0.15) is 62.9 Å². The smallest absolute Gasteiger partial charge is 0.258 e. The molecule has 0 aliphatic carbocycles. The quantitative estimate of drug-likeness (QED) is 0.317. The number of carbonyl (C=O) groups is 2. The Hall–Kier alpha value is -3.99. The van der Waals surface area contributed by atoms with Crippen molar-refractivity contribution in [1.29, 1.82) is 0 Å². The van der Waals surface area contributed by atoms with E-state index in [1.807, 2.05) is 13.8 Å². The van der Waals surface area contributed by atoms with E-state index in [9.17, 15) is 14.0 Å². The van der Waals surface area contributed by atoms with Crippen LogP contribution in [0.3, 0.4) is 0 Å². The number of primary amides is 2. The van der Waals surface area contributed by atoms with Gasteiger partial charge in [-0.25, -0.2) is 8.78 Å². The largest absolute Gasteiger partial charge is 0.421 e. The molecule has 0 bridgehead atoms. The highest BCUT2D eigenvalue weighted by molar-refractivity contribution is 7.17. The normalized spacial score (nSPS) is 12.2. The summed E-state index contributed by atoms with van der Waals surface area (Å²) in [6.45, 7) is 5.50. The van der Waals surface area contributed by atoms with Gasteiger partial charge in [-0.2, -0.15) is 0 Å². The molecule has 0 fully saturated rings. The zero-order chi connectivity index (χ0) is 26.9. The molecule has 4 aromatic rings. The van der Waals surface area contributed by atoms with Crippen LogP contribution >= 0.6 is 11.3 Å². The monoisotopic (exact) mass is 525 g/mol. The summed E-state index contributed by atoms with van der Waals surface area (Å²) in [5.41, 5.74) is 12.9. The van der Waals surface area contributed by atoms with E-state index < -0.39 is 23.8 Å². The predicted molar refractivity (Wildman–Crippen MR) is 135 cm³/mol. The molecule has 192 valence electrons. The molecule has 3 aromatic heterocycles. The van der Waals surface area contributed by atoms with Crippen molar-refractivity contribution in [3.05, 3.63) is 75.5 Å². The average Bonchev–Trinajstić information content (AvgIpc) is 3.48. The van der Waals surface area contributed by atoms with Crippen molar-refractivity contribution in [2.45, 2.75) is 39.8 Å². The maximum atomic E-state index is 15.6. The molecule has 1 unspecified atom stereocenters. The second-order valence-corrected chi connectivity index (χ2v) is 10.1. The molecule has 2 amide bonds. The SMILES string of the molecule is Cc1nnc(-c2c(CC(F)c3ccc(F)cc3)nc(CC(C)C)c(C(N)=O)c2-c2ccc(C(N)=O)s2)o1. The van der Waals surface area contributed by atoms with Gasteiger partial charge in [-0.3, -0.25) is 14.6 Å². The minimum atomic E-state index is -1.56. The fraction of sp³-hybridized carbons (Fsp3) is 0.269. The van der Waals surface area contributed by atoms with Gasteiger partial charge in [0, 0.05) is 23.8 Å². The number of aromatic nitrogens is 3. The second-order valence-electron chi connectivity index (χ2n) is 8.97. The summed E-state index contributed by atoms with van der Waals surface area (Å²) in [5.74, 6) is -1.50. The first-order chi connectivity index (χ1) is 17.5. The number of hydrogen-bond acceptors (Lipinski definition) is 7. The number of nitrogens with two attached hydrogens (primary N) is 2. The Bertz CT molecular complexity index is 1460. The van der Waals surface area contributed by atoms with E-state index in [2.05, 4.69) is 10.2 Å². The lowest BCUT2D eigenvalue weighted by atomic mass is 9.91. The molecule has 0 aliphatic rings. The van der Waals surface area contributed by atoms with Crippen molar-refractivity contribution in [1.82, 2.24) is 15.2 Å². The Morgan fingerprint density at radius 2 is 1.68 bits per heavy atom. The van der Waals surface area contributed by atoms with E-state index in [1.54, 1.807) is 13.0 Å². The molecule has 1 aromatic carbocycles. The summed E-state index contributed by atoms with van der Waals surface area (Å²) < 4.78 is 34.7. The van der Waals surface area contributed by atoms with Gasteiger partial charge in [0.1, 0.15) is 12.0 Å². The molecule has 3 heterocycles. The lowest BCUT2D eigenvalue weighted by Gasteiger charge is -2.20. The van der Waals surface area contributed by atoms with E-state index in [0.29, 0.717) is 22.6 Å². The van der Waals surface area contributed by atoms with Crippen LogP contribution < -0.4 is 11.5 Å². The Balaban J connectivity index is 2.03. The van der Waals surface area contributed by atoms with Gasteiger partial charge in [0.15, 0.2) is 0 Å². The van der Waals surface area contributed by atoms with Crippen molar-refractivity contribution in [3.63, 3.8) is 0 Å². The molecule has 0 saturated carbocycles. The number of aryl methyl sites for hydroxylation is 1. The lowest BCUT2D eigenvalue weighted by molar-refractivity contribution is 0.0993. The minimum absolute atomic E-state index is 0.0222. The highest BCUT2D eigenvalue weighted by atomic mass is 32.1. The molecule has 0 saturated heterocycles. The zero-order valence-electron chi connectivity index (χ0n) is 20.4. The number of hydrogen-bond donors (Lipinski definition) is 2. The van der Waals surface area contributed by atoms with Gasteiger partial charge in [0.05, 0.1) is 27.4 Å². The minimum Gasteiger partial charge on any atom is -0.421 e. The molecule has 0 radical (unpaired) electrons. The molecule has 0 spiro atoms. The van der Waals surface area contributed by atoms with E-state index in [0.717, 1.165) is 11.3 Å². The van der Waals surface area contributed by atoms with Crippen LogP contribution in [0.15, 0.2) is 40.8 Å². The highest BCUT2D eigenvalue weighted by Gasteiger charge is 2.30. The maximum Gasteiger partial charge on any atom is 0.258 e. The number of halogens is 2. The van der Waals surface area contributed by atoms with Gasteiger partial charge in [0.2, 0.25) is 11.8 Å². The van der Waals surface area contributed by atoms with Crippen LogP contribution in [-0.2, 0) is 12.8 Å².